The summed E-state index contributed by atoms with van der Waals surface area (Å²) in [5, 5.41) is 9.96. The van der Waals surface area contributed by atoms with Gasteiger partial charge in [0.05, 0.1) is 11.5 Å². The van der Waals surface area contributed by atoms with Gasteiger partial charge in [0.15, 0.2) is 9.84 Å². The monoisotopic (exact) mass is 334 g/mol. The van der Waals surface area contributed by atoms with Crippen LogP contribution in [0.25, 0.3) is 0 Å². The molecular weight excluding hydrogens is 312 g/mol. The Labute approximate surface area is 137 Å². The van der Waals surface area contributed by atoms with Gasteiger partial charge in [-0.2, -0.15) is 0 Å². The minimum atomic E-state index is -3.38. The molecule has 1 unspecified atom stereocenters. The highest BCUT2D eigenvalue weighted by atomic mass is 32.2. The van der Waals surface area contributed by atoms with Crippen molar-refractivity contribution in [3.05, 3.63) is 65.2 Å². The molecule has 0 bridgehead atoms. The summed E-state index contributed by atoms with van der Waals surface area (Å²) in [5.41, 5.74) is 2.84. The first-order valence-corrected chi connectivity index (χ1v) is 9.30. The number of rotatable bonds is 7. The first-order valence-electron chi connectivity index (χ1n) is 7.47. The van der Waals surface area contributed by atoms with Gasteiger partial charge in [0, 0.05) is 0 Å². The van der Waals surface area contributed by atoms with Crippen LogP contribution in [-0.4, -0.2) is 32.0 Å². The maximum atomic E-state index is 12.1. The Morgan fingerprint density at radius 3 is 2.26 bits per heavy atom. The van der Waals surface area contributed by atoms with Crippen LogP contribution in [0.2, 0.25) is 0 Å². The van der Waals surface area contributed by atoms with Crippen LogP contribution >= 0.6 is 0 Å². The molecule has 0 saturated carbocycles. The van der Waals surface area contributed by atoms with Gasteiger partial charge in [0.1, 0.15) is 18.5 Å². The zero-order valence-electron chi connectivity index (χ0n) is 13.4. The number of aliphatic hydroxyl groups is 1. The van der Waals surface area contributed by atoms with Gasteiger partial charge in [-0.05, 0) is 42.7 Å². The summed E-state index contributed by atoms with van der Waals surface area (Å²) in [6.45, 7) is 3.87. The number of benzene rings is 2. The molecule has 23 heavy (non-hydrogen) atoms. The Kier molecular flexibility index (Phi) is 5.80. The summed E-state index contributed by atoms with van der Waals surface area (Å²) >= 11 is 0. The minimum Gasteiger partial charge on any atom is -0.491 e. The summed E-state index contributed by atoms with van der Waals surface area (Å²) in [6.07, 6.45) is -1.05. The average molecular weight is 334 g/mol. The quantitative estimate of drug-likeness (QED) is 0.845. The molecule has 0 aliphatic heterocycles. The van der Waals surface area contributed by atoms with Gasteiger partial charge in [0.2, 0.25) is 0 Å². The predicted molar refractivity (Wildman–Crippen MR) is 91.4 cm³/mol. The highest BCUT2D eigenvalue weighted by Gasteiger charge is 2.18. The molecule has 1 N–H and O–H groups in total. The van der Waals surface area contributed by atoms with E-state index < -0.39 is 15.9 Å². The van der Waals surface area contributed by atoms with Gasteiger partial charge in [-0.3, -0.25) is 0 Å². The second-order valence-electron chi connectivity index (χ2n) is 5.83. The lowest BCUT2D eigenvalue weighted by atomic mass is 10.1. The van der Waals surface area contributed by atoms with Crippen molar-refractivity contribution < 1.29 is 18.3 Å². The lowest BCUT2D eigenvalue weighted by Gasteiger charge is -2.14. The smallest absolute Gasteiger partial charge is 0.157 e. The molecule has 0 fully saturated rings. The van der Waals surface area contributed by atoms with Crippen molar-refractivity contribution in [3.8, 4) is 5.75 Å². The van der Waals surface area contributed by atoms with Crippen molar-refractivity contribution in [2.75, 3.05) is 12.4 Å². The van der Waals surface area contributed by atoms with Crippen LogP contribution < -0.4 is 4.74 Å². The fraction of sp³-hybridized carbons (Fsp3) is 0.333. The Morgan fingerprint density at radius 2 is 1.65 bits per heavy atom. The number of ether oxygens (including phenoxy) is 1. The molecule has 0 aromatic heterocycles. The van der Waals surface area contributed by atoms with Crippen LogP contribution in [0.5, 0.6) is 5.75 Å². The molecule has 2 aromatic rings. The molecule has 0 saturated heterocycles. The van der Waals surface area contributed by atoms with Crippen molar-refractivity contribution >= 4 is 9.84 Å². The zero-order chi connectivity index (χ0) is 16.9. The fourth-order valence-corrected chi connectivity index (χ4v) is 3.94. The van der Waals surface area contributed by atoms with Crippen molar-refractivity contribution in [1.82, 2.24) is 0 Å². The van der Waals surface area contributed by atoms with Crippen LogP contribution in [-0.2, 0) is 15.6 Å². The largest absolute Gasteiger partial charge is 0.491 e. The van der Waals surface area contributed by atoms with E-state index in [1.165, 1.54) is 0 Å². The number of hydrogen-bond acceptors (Lipinski definition) is 4. The Hall–Kier alpha value is -1.85. The molecule has 2 rings (SSSR count). The minimum absolute atomic E-state index is 0.0447. The summed E-state index contributed by atoms with van der Waals surface area (Å²) in [6, 6.07) is 14.7. The lowest BCUT2D eigenvalue weighted by Crippen LogP contribution is -2.27. The standard InChI is InChI=1S/C18H22O4S/c1-14-8-15(2)10-18(9-14)22-11-17(19)13-23(20,21)12-16-6-4-3-5-7-16/h3-10,17,19H,11-13H2,1-2H3. The summed E-state index contributed by atoms with van der Waals surface area (Å²) in [7, 11) is -3.38. The van der Waals surface area contributed by atoms with E-state index >= 15 is 0 Å². The van der Waals surface area contributed by atoms with Crippen molar-refractivity contribution in [3.63, 3.8) is 0 Å². The van der Waals surface area contributed by atoms with E-state index in [0.717, 1.165) is 16.7 Å². The Morgan fingerprint density at radius 1 is 1.04 bits per heavy atom. The number of hydrogen-bond donors (Lipinski definition) is 1. The topological polar surface area (TPSA) is 63.6 Å². The van der Waals surface area contributed by atoms with E-state index in [0.29, 0.717) is 5.75 Å². The van der Waals surface area contributed by atoms with Crippen LogP contribution in [0.3, 0.4) is 0 Å². The van der Waals surface area contributed by atoms with Gasteiger partial charge in [-0.1, -0.05) is 36.4 Å². The van der Waals surface area contributed by atoms with E-state index in [9.17, 15) is 13.5 Å². The molecular formula is C18H22O4S. The highest BCUT2D eigenvalue weighted by Crippen LogP contribution is 2.16. The molecule has 0 heterocycles. The molecule has 5 heteroatoms. The van der Waals surface area contributed by atoms with Crippen molar-refractivity contribution in [1.29, 1.82) is 0 Å². The number of aliphatic hydroxyl groups excluding tert-OH is 1. The molecule has 0 amide bonds. The average Bonchev–Trinajstić information content (AvgIpc) is 2.44. The predicted octanol–water partition coefficient (Wildman–Crippen LogP) is 2.66. The van der Waals surface area contributed by atoms with Gasteiger partial charge in [-0.25, -0.2) is 8.42 Å². The molecule has 0 radical (unpaired) electrons. The van der Waals surface area contributed by atoms with Crippen molar-refractivity contribution in [2.24, 2.45) is 0 Å². The van der Waals surface area contributed by atoms with E-state index in [1.807, 2.05) is 38.1 Å². The second kappa shape index (κ2) is 7.62. The summed E-state index contributed by atoms with van der Waals surface area (Å²) < 4.78 is 29.7. The van der Waals surface area contributed by atoms with Crippen LogP contribution in [0.4, 0.5) is 0 Å². The Balaban J connectivity index is 1.89. The molecule has 1 atom stereocenters. The fourth-order valence-electron chi connectivity index (χ4n) is 2.44. The molecule has 2 aromatic carbocycles. The number of aryl methyl sites for hydroxylation is 2. The first kappa shape index (κ1) is 17.5. The normalized spacial score (nSPS) is 12.8. The van der Waals surface area contributed by atoms with E-state index in [4.69, 9.17) is 4.74 Å². The van der Waals surface area contributed by atoms with Crippen molar-refractivity contribution in [2.45, 2.75) is 25.7 Å². The third-order valence-corrected chi connectivity index (χ3v) is 4.98. The molecule has 0 aliphatic rings. The van der Waals surface area contributed by atoms with Crippen LogP contribution in [0.15, 0.2) is 48.5 Å². The highest BCUT2D eigenvalue weighted by molar-refractivity contribution is 7.90. The summed E-state index contributed by atoms with van der Waals surface area (Å²) in [4.78, 5) is 0. The molecule has 0 spiro atoms. The van der Waals surface area contributed by atoms with Gasteiger partial charge in [0.25, 0.3) is 0 Å². The number of sulfone groups is 1. The SMILES string of the molecule is Cc1cc(C)cc(OCC(O)CS(=O)(=O)Cc2ccccc2)c1. The van der Waals surface area contributed by atoms with E-state index in [2.05, 4.69) is 0 Å². The van der Waals surface area contributed by atoms with Gasteiger partial charge in [-0.15, -0.1) is 0 Å². The van der Waals surface area contributed by atoms with E-state index in [1.54, 1.807) is 24.3 Å². The van der Waals surface area contributed by atoms with Gasteiger partial charge >= 0.3 is 0 Å². The molecule has 124 valence electrons. The second-order valence-corrected chi connectivity index (χ2v) is 7.94. The Bertz CT molecular complexity index is 719. The summed E-state index contributed by atoms with van der Waals surface area (Å²) in [5.74, 6) is 0.253. The zero-order valence-corrected chi connectivity index (χ0v) is 14.2. The third-order valence-electron chi connectivity index (χ3n) is 3.31. The molecule has 0 aliphatic carbocycles. The third kappa shape index (κ3) is 6.04. The van der Waals surface area contributed by atoms with Crippen LogP contribution in [0.1, 0.15) is 16.7 Å². The maximum absolute atomic E-state index is 12.1. The lowest BCUT2D eigenvalue weighted by molar-refractivity contribution is 0.125. The van der Waals surface area contributed by atoms with Crippen LogP contribution in [0, 0.1) is 13.8 Å². The first-order chi connectivity index (χ1) is 10.8. The van der Waals surface area contributed by atoms with E-state index in [-0.39, 0.29) is 18.1 Å². The molecule has 4 nitrogen and oxygen atoms in total. The van der Waals surface area contributed by atoms with Gasteiger partial charge < -0.3 is 9.84 Å². The maximum Gasteiger partial charge on any atom is 0.157 e.